The third-order valence-corrected chi connectivity index (χ3v) is 2.33. The van der Waals surface area contributed by atoms with E-state index in [-0.39, 0.29) is 6.42 Å². The number of hydrogen-bond acceptors (Lipinski definition) is 5. The van der Waals surface area contributed by atoms with Crippen LogP contribution in [0.2, 0.25) is 0 Å². The van der Waals surface area contributed by atoms with Crippen molar-refractivity contribution >= 4 is 5.97 Å². The third-order valence-electron chi connectivity index (χ3n) is 2.33. The van der Waals surface area contributed by atoms with Crippen LogP contribution in [0.1, 0.15) is 23.8 Å². The Morgan fingerprint density at radius 2 is 2.19 bits per heavy atom. The van der Waals surface area contributed by atoms with Crippen LogP contribution in [0.3, 0.4) is 0 Å². The number of methoxy groups -OCH3 is 2. The molecule has 6 heteroatoms. The fourth-order valence-corrected chi connectivity index (χ4v) is 1.62. The lowest BCUT2D eigenvalue weighted by Gasteiger charge is -2.10. The Bertz CT molecular complexity index is 386. The fourth-order valence-electron chi connectivity index (χ4n) is 1.62. The number of carbonyl (C=O) groups is 1. The normalized spacial score (nSPS) is 12.3. The summed E-state index contributed by atoms with van der Waals surface area (Å²) < 4.78 is 11.1. The number of esters is 1. The van der Waals surface area contributed by atoms with Crippen LogP contribution in [0.4, 0.5) is 0 Å². The number of hydrogen-bond donors (Lipinski definition) is 1. The summed E-state index contributed by atoms with van der Waals surface area (Å²) in [7, 11) is 4.48. The van der Waals surface area contributed by atoms with Gasteiger partial charge in [0, 0.05) is 7.05 Å². The second kappa shape index (κ2) is 4.98. The molecule has 6 nitrogen and oxygen atoms in total. The van der Waals surface area contributed by atoms with Crippen molar-refractivity contribution in [3.63, 3.8) is 0 Å². The first-order chi connectivity index (χ1) is 7.51. The van der Waals surface area contributed by atoms with Gasteiger partial charge in [-0.2, -0.15) is 5.10 Å². The summed E-state index contributed by atoms with van der Waals surface area (Å²) in [5.41, 5.74) is 1.16. The van der Waals surface area contributed by atoms with Gasteiger partial charge in [0.05, 0.1) is 38.0 Å². The number of carbonyl (C=O) groups excluding carboxylic acids is 1. The van der Waals surface area contributed by atoms with Crippen LogP contribution in [0.25, 0.3) is 0 Å². The van der Waals surface area contributed by atoms with Crippen molar-refractivity contribution in [2.45, 2.75) is 19.4 Å². The molecule has 0 spiro atoms. The SMILES string of the molecule is COC(=O)C[C@@H](O)c1c(C)nn(C)c1OC. The third kappa shape index (κ3) is 2.33. The summed E-state index contributed by atoms with van der Waals surface area (Å²) in [6, 6.07) is 0. The average Bonchev–Trinajstić information content (AvgIpc) is 2.52. The lowest BCUT2D eigenvalue weighted by atomic mass is 10.1. The Kier molecular flexibility index (Phi) is 3.89. The van der Waals surface area contributed by atoms with E-state index in [0.29, 0.717) is 17.1 Å². The number of aromatic nitrogens is 2. The van der Waals surface area contributed by atoms with E-state index in [9.17, 15) is 9.90 Å². The molecule has 0 amide bonds. The second-order valence-electron chi connectivity index (χ2n) is 3.43. The van der Waals surface area contributed by atoms with Crippen LogP contribution < -0.4 is 4.74 Å². The first kappa shape index (κ1) is 12.5. The van der Waals surface area contributed by atoms with Crippen LogP contribution in [-0.2, 0) is 16.6 Å². The van der Waals surface area contributed by atoms with E-state index < -0.39 is 12.1 Å². The zero-order valence-corrected chi connectivity index (χ0v) is 9.85. The van der Waals surface area contributed by atoms with E-state index in [1.54, 1.807) is 14.0 Å². The fraction of sp³-hybridized carbons (Fsp3) is 0.600. The van der Waals surface area contributed by atoms with Crippen molar-refractivity contribution < 1.29 is 19.4 Å². The second-order valence-corrected chi connectivity index (χ2v) is 3.43. The molecule has 0 aliphatic rings. The molecule has 16 heavy (non-hydrogen) atoms. The lowest BCUT2D eigenvalue weighted by molar-refractivity contribution is -0.142. The van der Waals surface area contributed by atoms with Gasteiger partial charge in [-0.05, 0) is 6.92 Å². The Labute approximate surface area is 93.8 Å². The maximum absolute atomic E-state index is 11.1. The molecule has 0 bridgehead atoms. The minimum atomic E-state index is -0.962. The highest BCUT2D eigenvalue weighted by atomic mass is 16.5. The minimum Gasteiger partial charge on any atom is -0.481 e. The predicted octanol–water partition coefficient (Wildman–Crippen LogP) is 0.334. The Morgan fingerprint density at radius 3 is 2.69 bits per heavy atom. The lowest BCUT2D eigenvalue weighted by Crippen LogP contribution is -2.09. The predicted molar refractivity (Wildman–Crippen MR) is 56.1 cm³/mol. The van der Waals surface area contributed by atoms with Gasteiger partial charge in [0.15, 0.2) is 0 Å². The molecular weight excluding hydrogens is 212 g/mol. The van der Waals surface area contributed by atoms with Gasteiger partial charge in [-0.1, -0.05) is 0 Å². The highest BCUT2D eigenvalue weighted by Gasteiger charge is 2.23. The van der Waals surface area contributed by atoms with Crippen molar-refractivity contribution in [2.75, 3.05) is 14.2 Å². The van der Waals surface area contributed by atoms with Crippen LogP contribution in [0.15, 0.2) is 0 Å². The van der Waals surface area contributed by atoms with E-state index in [1.807, 2.05) is 0 Å². The molecule has 1 N–H and O–H groups in total. The molecular formula is C10H16N2O4. The molecule has 0 aliphatic carbocycles. The molecule has 0 saturated carbocycles. The van der Waals surface area contributed by atoms with E-state index >= 15 is 0 Å². The summed E-state index contributed by atoms with van der Waals surface area (Å²) in [4.78, 5) is 11.1. The summed E-state index contributed by atoms with van der Waals surface area (Å²) in [5.74, 6) is -0.0216. The molecule has 1 aromatic rings. The van der Waals surface area contributed by atoms with Crippen molar-refractivity contribution in [1.29, 1.82) is 0 Å². The van der Waals surface area contributed by atoms with E-state index in [2.05, 4.69) is 9.84 Å². The number of nitrogens with zero attached hydrogens (tertiary/aromatic N) is 2. The molecule has 1 atom stereocenters. The van der Waals surface area contributed by atoms with Crippen LogP contribution >= 0.6 is 0 Å². The van der Waals surface area contributed by atoms with Crippen molar-refractivity contribution in [3.05, 3.63) is 11.3 Å². The van der Waals surface area contributed by atoms with Gasteiger partial charge in [0.25, 0.3) is 0 Å². The molecule has 0 saturated heterocycles. The highest BCUT2D eigenvalue weighted by molar-refractivity contribution is 5.70. The van der Waals surface area contributed by atoms with Crippen LogP contribution in [-0.4, -0.2) is 35.1 Å². The van der Waals surface area contributed by atoms with Gasteiger partial charge in [0.2, 0.25) is 5.88 Å². The van der Waals surface area contributed by atoms with Gasteiger partial charge in [-0.3, -0.25) is 4.79 Å². The molecule has 0 fully saturated rings. The number of aliphatic hydroxyl groups excluding tert-OH is 1. The topological polar surface area (TPSA) is 73.6 Å². The standard InChI is InChI=1S/C10H16N2O4/c1-6-9(7(13)5-8(14)15-3)10(16-4)12(2)11-6/h7,13H,5H2,1-4H3/t7-/m1/s1. The molecule has 0 radical (unpaired) electrons. The maximum atomic E-state index is 11.1. The van der Waals surface area contributed by atoms with Crippen molar-refractivity contribution in [1.82, 2.24) is 9.78 Å². The largest absolute Gasteiger partial charge is 0.481 e. The zero-order chi connectivity index (χ0) is 12.3. The molecule has 1 aromatic heterocycles. The van der Waals surface area contributed by atoms with Crippen LogP contribution in [0, 0.1) is 6.92 Å². The van der Waals surface area contributed by atoms with Gasteiger partial charge in [0.1, 0.15) is 0 Å². The quantitative estimate of drug-likeness (QED) is 0.752. The Hall–Kier alpha value is -1.56. The Morgan fingerprint density at radius 1 is 1.56 bits per heavy atom. The average molecular weight is 228 g/mol. The van der Waals surface area contributed by atoms with Gasteiger partial charge < -0.3 is 14.6 Å². The number of aryl methyl sites for hydroxylation is 2. The summed E-state index contributed by atoms with van der Waals surface area (Å²) in [6.45, 7) is 1.75. The van der Waals surface area contributed by atoms with Crippen LogP contribution in [0.5, 0.6) is 5.88 Å². The molecule has 0 unspecified atom stereocenters. The minimum absolute atomic E-state index is 0.112. The first-order valence-electron chi connectivity index (χ1n) is 4.83. The van der Waals surface area contributed by atoms with E-state index in [4.69, 9.17) is 4.74 Å². The molecule has 90 valence electrons. The first-order valence-corrected chi connectivity index (χ1v) is 4.83. The molecule has 0 aromatic carbocycles. The monoisotopic (exact) mass is 228 g/mol. The van der Waals surface area contributed by atoms with Gasteiger partial charge in [-0.25, -0.2) is 4.68 Å². The van der Waals surface area contributed by atoms with Gasteiger partial charge >= 0.3 is 5.97 Å². The summed E-state index contributed by atoms with van der Waals surface area (Å²) >= 11 is 0. The molecule has 1 rings (SSSR count). The van der Waals surface area contributed by atoms with E-state index in [0.717, 1.165) is 0 Å². The Balaban J connectivity index is 2.98. The zero-order valence-electron chi connectivity index (χ0n) is 9.85. The molecule has 1 heterocycles. The number of aliphatic hydroxyl groups is 1. The summed E-state index contributed by atoms with van der Waals surface area (Å²) in [5, 5.41) is 14.0. The van der Waals surface area contributed by atoms with Crippen molar-refractivity contribution in [3.8, 4) is 5.88 Å². The number of ether oxygens (including phenoxy) is 2. The number of rotatable bonds is 4. The molecule has 0 aliphatic heterocycles. The van der Waals surface area contributed by atoms with Gasteiger partial charge in [-0.15, -0.1) is 0 Å². The van der Waals surface area contributed by atoms with E-state index in [1.165, 1.54) is 18.9 Å². The van der Waals surface area contributed by atoms with Crippen molar-refractivity contribution in [2.24, 2.45) is 7.05 Å². The highest BCUT2D eigenvalue weighted by Crippen LogP contribution is 2.29. The smallest absolute Gasteiger partial charge is 0.308 e. The maximum Gasteiger partial charge on any atom is 0.308 e. The summed E-state index contributed by atoms with van der Waals surface area (Å²) in [6.07, 6.45) is -1.07.